The summed E-state index contributed by atoms with van der Waals surface area (Å²) in [6, 6.07) is 3.57. The van der Waals surface area contributed by atoms with Gasteiger partial charge in [0.25, 0.3) is 5.56 Å². The number of hydrogen-bond donors (Lipinski definition) is 2. The molecule has 0 aromatic carbocycles. The molecule has 10 nitrogen and oxygen atoms in total. The van der Waals surface area contributed by atoms with E-state index in [0.717, 1.165) is 30.2 Å². The SMILES string of the molecule is Cn1c(SCC(=O)c2c(N)n(C3CC3)c(=O)[nH]c2=O)nnc1-c1ccncc1. The molecule has 1 fully saturated rings. The van der Waals surface area contributed by atoms with Crippen LogP contribution in [-0.4, -0.2) is 40.8 Å². The Hall–Kier alpha value is -3.21. The summed E-state index contributed by atoms with van der Waals surface area (Å²) in [5.41, 5.74) is 5.30. The summed E-state index contributed by atoms with van der Waals surface area (Å²) in [5.74, 6) is 0.0410. The van der Waals surface area contributed by atoms with Crippen LogP contribution in [0.15, 0.2) is 39.3 Å². The molecule has 28 heavy (non-hydrogen) atoms. The molecule has 0 aliphatic heterocycles. The van der Waals surface area contributed by atoms with Crippen LogP contribution in [0.5, 0.6) is 0 Å². The van der Waals surface area contributed by atoms with Crippen molar-refractivity contribution < 1.29 is 4.79 Å². The highest BCUT2D eigenvalue weighted by Gasteiger charge is 2.30. The molecule has 3 aromatic heterocycles. The maximum Gasteiger partial charge on any atom is 0.330 e. The standard InChI is InChI=1S/C17H17N7O3S/c1-23-14(9-4-6-19-7-5-9)21-22-17(23)28-8-11(25)12-13(18)24(10-2-3-10)16(27)20-15(12)26/h4-7,10H,2-3,8,18H2,1H3,(H,20,26,27). The number of H-pyrrole nitrogens is 1. The number of nitrogens with zero attached hydrogens (tertiary/aromatic N) is 5. The lowest BCUT2D eigenvalue weighted by molar-refractivity contribution is 0.102. The van der Waals surface area contributed by atoms with E-state index in [1.54, 1.807) is 24.0 Å². The lowest BCUT2D eigenvalue weighted by Crippen LogP contribution is -2.36. The van der Waals surface area contributed by atoms with Gasteiger partial charge in [-0.2, -0.15) is 0 Å². The van der Waals surface area contributed by atoms with Crippen LogP contribution in [0.1, 0.15) is 29.2 Å². The van der Waals surface area contributed by atoms with Crippen LogP contribution in [0, 0.1) is 0 Å². The number of carbonyl (C=O) groups is 1. The summed E-state index contributed by atoms with van der Waals surface area (Å²) in [6.45, 7) is 0. The van der Waals surface area contributed by atoms with Crippen molar-refractivity contribution in [3.05, 3.63) is 50.9 Å². The van der Waals surface area contributed by atoms with E-state index in [0.29, 0.717) is 11.0 Å². The normalized spacial score (nSPS) is 13.6. The molecule has 0 amide bonds. The zero-order chi connectivity index (χ0) is 19.8. The molecule has 0 atom stereocenters. The van der Waals surface area contributed by atoms with Gasteiger partial charge in [-0.1, -0.05) is 11.8 Å². The fraction of sp³-hybridized carbons (Fsp3) is 0.294. The lowest BCUT2D eigenvalue weighted by Gasteiger charge is -2.10. The number of carbonyl (C=O) groups excluding carboxylic acids is 1. The van der Waals surface area contributed by atoms with Crippen LogP contribution < -0.4 is 17.0 Å². The van der Waals surface area contributed by atoms with E-state index in [1.165, 1.54) is 4.57 Å². The molecule has 0 spiro atoms. The Kier molecular flexibility index (Phi) is 4.59. The Morgan fingerprint density at radius 2 is 2.00 bits per heavy atom. The van der Waals surface area contributed by atoms with E-state index in [1.807, 2.05) is 12.1 Å². The number of hydrogen-bond acceptors (Lipinski definition) is 8. The highest BCUT2D eigenvalue weighted by molar-refractivity contribution is 7.99. The van der Waals surface area contributed by atoms with Gasteiger partial charge in [0.15, 0.2) is 16.8 Å². The quantitative estimate of drug-likeness (QED) is 0.454. The first-order chi connectivity index (χ1) is 13.5. The van der Waals surface area contributed by atoms with Crippen molar-refractivity contribution in [2.75, 3.05) is 11.5 Å². The van der Waals surface area contributed by atoms with E-state index in [-0.39, 0.29) is 23.2 Å². The Balaban J connectivity index is 1.56. The molecule has 1 aliphatic rings. The molecule has 3 N–H and O–H groups in total. The van der Waals surface area contributed by atoms with E-state index in [2.05, 4.69) is 20.2 Å². The molecule has 0 bridgehead atoms. The van der Waals surface area contributed by atoms with E-state index in [4.69, 9.17) is 5.73 Å². The molecule has 1 saturated carbocycles. The van der Waals surface area contributed by atoms with Crippen LogP contribution in [0.4, 0.5) is 5.82 Å². The Morgan fingerprint density at radius 3 is 2.68 bits per heavy atom. The van der Waals surface area contributed by atoms with Crippen molar-refractivity contribution in [3.8, 4) is 11.4 Å². The number of pyridine rings is 1. The zero-order valence-electron chi connectivity index (χ0n) is 15.0. The maximum absolute atomic E-state index is 12.7. The molecule has 0 unspecified atom stereocenters. The van der Waals surface area contributed by atoms with Gasteiger partial charge in [-0.15, -0.1) is 10.2 Å². The Labute approximate surface area is 162 Å². The van der Waals surface area contributed by atoms with Gasteiger partial charge in [-0.25, -0.2) is 4.79 Å². The van der Waals surface area contributed by atoms with E-state index in [9.17, 15) is 14.4 Å². The molecule has 1 aliphatic carbocycles. The number of thioether (sulfide) groups is 1. The highest BCUT2D eigenvalue weighted by atomic mass is 32.2. The number of aromatic nitrogens is 6. The summed E-state index contributed by atoms with van der Waals surface area (Å²) >= 11 is 1.15. The van der Waals surface area contributed by atoms with Gasteiger partial charge in [0.1, 0.15) is 11.4 Å². The average molecular weight is 399 g/mol. The van der Waals surface area contributed by atoms with Gasteiger partial charge in [0.2, 0.25) is 0 Å². The molecule has 3 aromatic rings. The van der Waals surface area contributed by atoms with E-state index >= 15 is 0 Å². The minimum absolute atomic E-state index is 0.0507. The second-order valence-corrected chi connectivity index (χ2v) is 7.38. The fourth-order valence-corrected chi connectivity index (χ4v) is 3.71. The Morgan fingerprint density at radius 1 is 1.29 bits per heavy atom. The molecular weight excluding hydrogens is 382 g/mol. The average Bonchev–Trinajstić information content (AvgIpc) is 3.42. The summed E-state index contributed by atoms with van der Waals surface area (Å²) in [7, 11) is 1.79. The monoisotopic (exact) mass is 399 g/mol. The summed E-state index contributed by atoms with van der Waals surface area (Å²) in [6.07, 6.45) is 4.92. The minimum Gasteiger partial charge on any atom is -0.384 e. The summed E-state index contributed by atoms with van der Waals surface area (Å²) in [5, 5.41) is 8.77. The zero-order valence-corrected chi connectivity index (χ0v) is 15.8. The third-order valence-electron chi connectivity index (χ3n) is 4.48. The van der Waals surface area contributed by atoms with Gasteiger partial charge in [-0.3, -0.25) is 24.1 Å². The number of anilines is 1. The molecule has 3 heterocycles. The van der Waals surface area contributed by atoms with Gasteiger partial charge >= 0.3 is 5.69 Å². The third-order valence-corrected chi connectivity index (χ3v) is 5.50. The van der Waals surface area contributed by atoms with Gasteiger partial charge in [-0.05, 0) is 25.0 Å². The molecule has 11 heteroatoms. The minimum atomic E-state index is -0.763. The van der Waals surface area contributed by atoms with Crippen molar-refractivity contribution >= 4 is 23.4 Å². The lowest BCUT2D eigenvalue weighted by atomic mass is 10.2. The number of nitrogens with one attached hydrogen (secondary N) is 1. The molecule has 144 valence electrons. The molecular formula is C17H17N7O3S. The largest absolute Gasteiger partial charge is 0.384 e. The third kappa shape index (κ3) is 3.24. The van der Waals surface area contributed by atoms with Gasteiger partial charge < -0.3 is 10.3 Å². The fourth-order valence-electron chi connectivity index (χ4n) is 2.93. The number of ketones is 1. The number of nitrogens with two attached hydrogens (primary N) is 1. The van der Waals surface area contributed by atoms with Crippen molar-refractivity contribution in [3.63, 3.8) is 0 Å². The number of aromatic amines is 1. The van der Waals surface area contributed by atoms with Gasteiger partial charge in [0, 0.05) is 31.0 Å². The predicted molar refractivity (Wildman–Crippen MR) is 103 cm³/mol. The highest BCUT2D eigenvalue weighted by Crippen LogP contribution is 2.35. The number of rotatable bonds is 6. The van der Waals surface area contributed by atoms with Crippen LogP contribution in [-0.2, 0) is 7.05 Å². The summed E-state index contributed by atoms with van der Waals surface area (Å²) in [4.78, 5) is 42.9. The second kappa shape index (κ2) is 7.08. The first kappa shape index (κ1) is 18.2. The van der Waals surface area contributed by atoms with Crippen molar-refractivity contribution in [1.82, 2.24) is 29.3 Å². The smallest absolute Gasteiger partial charge is 0.330 e. The van der Waals surface area contributed by atoms with Crippen molar-refractivity contribution in [1.29, 1.82) is 0 Å². The topological polar surface area (TPSA) is 142 Å². The van der Waals surface area contributed by atoms with Crippen LogP contribution >= 0.6 is 11.8 Å². The Bertz CT molecular complexity index is 1160. The van der Waals surface area contributed by atoms with Crippen molar-refractivity contribution in [2.45, 2.75) is 24.0 Å². The predicted octanol–water partition coefficient (Wildman–Crippen LogP) is 0.619. The van der Waals surface area contributed by atoms with Gasteiger partial charge in [0.05, 0.1) is 5.75 Å². The molecule has 0 radical (unpaired) electrons. The second-order valence-electron chi connectivity index (χ2n) is 6.43. The van der Waals surface area contributed by atoms with Crippen LogP contribution in [0.3, 0.4) is 0 Å². The molecule has 0 saturated heterocycles. The van der Waals surface area contributed by atoms with Crippen molar-refractivity contribution in [2.24, 2.45) is 7.05 Å². The number of Topliss-reactive ketones (excluding diaryl/α,β-unsaturated/α-hetero) is 1. The maximum atomic E-state index is 12.7. The molecule has 4 rings (SSSR count). The summed E-state index contributed by atoms with van der Waals surface area (Å²) < 4.78 is 3.05. The van der Waals surface area contributed by atoms with Crippen LogP contribution in [0.2, 0.25) is 0 Å². The first-order valence-corrected chi connectivity index (χ1v) is 9.56. The first-order valence-electron chi connectivity index (χ1n) is 8.57. The van der Waals surface area contributed by atoms with Crippen LogP contribution in [0.25, 0.3) is 11.4 Å². The van der Waals surface area contributed by atoms with E-state index < -0.39 is 17.0 Å². The number of nitrogen functional groups attached to an aromatic ring is 1.